The lowest BCUT2D eigenvalue weighted by Gasteiger charge is -2.13. The number of aromatic nitrogens is 2. The summed E-state index contributed by atoms with van der Waals surface area (Å²) in [5.74, 6) is 1.97. The minimum absolute atomic E-state index is 0.204. The molecule has 4 nitrogen and oxygen atoms in total. The monoisotopic (exact) mass is 287 g/mol. The predicted octanol–water partition coefficient (Wildman–Crippen LogP) is 4.66. The van der Waals surface area contributed by atoms with E-state index < -0.39 is 0 Å². The van der Waals surface area contributed by atoms with Crippen molar-refractivity contribution in [3.8, 4) is 11.6 Å². The van der Waals surface area contributed by atoms with Crippen molar-refractivity contribution in [3.05, 3.63) is 35.5 Å². The molecule has 0 saturated carbocycles. The lowest BCUT2D eigenvalue weighted by Crippen LogP contribution is -2.05. The number of nitrogens with zero attached hydrogens (tertiary/aromatic N) is 2. The van der Waals surface area contributed by atoms with Crippen LogP contribution in [0.1, 0.15) is 57.3 Å². The highest BCUT2D eigenvalue weighted by Crippen LogP contribution is 2.32. The predicted molar refractivity (Wildman–Crippen MR) is 87.0 cm³/mol. The molecule has 0 aliphatic carbocycles. The first kappa shape index (κ1) is 15.4. The lowest BCUT2D eigenvalue weighted by molar-refractivity contribution is 0.389. The number of hydrogen-bond acceptors (Lipinski definition) is 3. The van der Waals surface area contributed by atoms with E-state index in [-0.39, 0.29) is 6.04 Å². The SMILES string of the molecule is CCC(C)c1ccc(Oc2c(N)c(C)nn2C(C)C)cc1. The van der Waals surface area contributed by atoms with Crippen LogP contribution in [0.3, 0.4) is 0 Å². The first-order valence-corrected chi connectivity index (χ1v) is 7.56. The molecule has 2 aromatic rings. The number of nitrogen functional groups attached to an aromatic ring is 1. The molecule has 0 amide bonds. The molecule has 0 saturated heterocycles. The minimum Gasteiger partial charge on any atom is -0.437 e. The van der Waals surface area contributed by atoms with E-state index in [9.17, 15) is 0 Å². The molecule has 21 heavy (non-hydrogen) atoms. The number of hydrogen-bond donors (Lipinski definition) is 1. The number of ether oxygens (including phenoxy) is 1. The van der Waals surface area contributed by atoms with Crippen LogP contribution in [-0.4, -0.2) is 9.78 Å². The Labute approximate surface area is 126 Å². The zero-order valence-corrected chi connectivity index (χ0v) is 13.6. The van der Waals surface area contributed by atoms with Gasteiger partial charge in [-0.05, 0) is 50.8 Å². The quantitative estimate of drug-likeness (QED) is 0.870. The molecule has 2 N–H and O–H groups in total. The van der Waals surface area contributed by atoms with E-state index in [4.69, 9.17) is 10.5 Å². The van der Waals surface area contributed by atoms with Gasteiger partial charge in [-0.25, -0.2) is 4.68 Å². The van der Waals surface area contributed by atoms with Crippen molar-refractivity contribution in [2.45, 2.75) is 53.0 Å². The van der Waals surface area contributed by atoms with Gasteiger partial charge in [0.25, 0.3) is 0 Å². The minimum atomic E-state index is 0.204. The van der Waals surface area contributed by atoms with Crippen LogP contribution in [0.4, 0.5) is 5.69 Å². The third-order valence-corrected chi connectivity index (χ3v) is 3.85. The molecule has 2 rings (SSSR count). The molecule has 1 atom stereocenters. The summed E-state index contributed by atoms with van der Waals surface area (Å²) < 4.78 is 7.79. The van der Waals surface area contributed by atoms with E-state index in [1.54, 1.807) is 0 Å². The summed E-state index contributed by atoms with van der Waals surface area (Å²) in [5.41, 5.74) is 8.81. The second-order valence-electron chi connectivity index (χ2n) is 5.82. The van der Waals surface area contributed by atoms with Crippen molar-refractivity contribution in [1.82, 2.24) is 9.78 Å². The zero-order chi connectivity index (χ0) is 15.6. The highest BCUT2D eigenvalue weighted by Gasteiger charge is 2.17. The number of aryl methyl sites for hydroxylation is 1. The third kappa shape index (κ3) is 3.20. The van der Waals surface area contributed by atoms with Gasteiger partial charge < -0.3 is 10.5 Å². The van der Waals surface area contributed by atoms with E-state index in [1.807, 2.05) is 23.7 Å². The summed E-state index contributed by atoms with van der Waals surface area (Å²) in [5, 5.41) is 4.43. The molecule has 1 heterocycles. The number of nitrogens with two attached hydrogens (primary N) is 1. The molecule has 114 valence electrons. The molecule has 0 bridgehead atoms. The van der Waals surface area contributed by atoms with Crippen LogP contribution in [0.5, 0.6) is 11.6 Å². The topological polar surface area (TPSA) is 53.1 Å². The fourth-order valence-corrected chi connectivity index (χ4v) is 2.20. The molecule has 0 radical (unpaired) electrons. The Balaban J connectivity index is 2.26. The van der Waals surface area contributed by atoms with Gasteiger partial charge in [0, 0.05) is 0 Å². The van der Waals surface area contributed by atoms with Crippen molar-refractivity contribution in [3.63, 3.8) is 0 Å². The molecule has 0 aliphatic heterocycles. The van der Waals surface area contributed by atoms with Crippen LogP contribution in [-0.2, 0) is 0 Å². The average Bonchev–Trinajstić information content (AvgIpc) is 2.76. The third-order valence-electron chi connectivity index (χ3n) is 3.85. The molecule has 1 aromatic carbocycles. The second-order valence-corrected chi connectivity index (χ2v) is 5.82. The Hall–Kier alpha value is -1.97. The summed E-state index contributed by atoms with van der Waals surface area (Å²) in [6, 6.07) is 8.42. The van der Waals surface area contributed by atoms with E-state index >= 15 is 0 Å². The van der Waals surface area contributed by atoms with Crippen LogP contribution in [0.15, 0.2) is 24.3 Å². The highest BCUT2D eigenvalue weighted by molar-refractivity contribution is 5.54. The number of rotatable bonds is 5. The van der Waals surface area contributed by atoms with E-state index in [0.717, 1.165) is 17.9 Å². The van der Waals surface area contributed by atoms with Gasteiger partial charge in [-0.3, -0.25) is 0 Å². The molecule has 0 fully saturated rings. The van der Waals surface area contributed by atoms with Crippen LogP contribution in [0.25, 0.3) is 0 Å². The van der Waals surface area contributed by atoms with E-state index in [2.05, 4.69) is 44.9 Å². The molecule has 1 unspecified atom stereocenters. The number of benzene rings is 1. The fourth-order valence-electron chi connectivity index (χ4n) is 2.20. The molecular formula is C17H25N3O. The summed E-state index contributed by atoms with van der Waals surface area (Å²) in [6.45, 7) is 10.4. The summed E-state index contributed by atoms with van der Waals surface area (Å²) in [4.78, 5) is 0. The number of anilines is 1. The van der Waals surface area contributed by atoms with Crippen molar-refractivity contribution >= 4 is 5.69 Å². The molecular weight excluding hydrogens is 262 g/mol. The normalized spacial score (nSPS) is 12.7. The maximum absolute atomic E-state index is 6.08. The van der Waals surface area contributed by atoms with Gasteiger partial charge in [0.1, 0.15) is 11.4 Å². The average molecular weight is 287 g/mol. The van der Waals surface area contributed by atoms with Crippen LogP contribution >= 0.6 is 0 Å². The van der Waals surface area contributed by atoms with Gasteiger partial charge in [0.05, 0.1) is 11.7 Å². The Bertz CT molecular complexity index is 599. The fraction of sp³-hybridized carbons (Fsp3) is 0.471. The second kappa shape index (κ2) is 6.20. The van der Waals surface area contributed by atoms with Crippen LogP contribution in [0.2, 0.25) is 0 Å². The molecule has 0 spiro atoms. The Morgan fingerprint density at radius 1 is 1.19 bits per heavy atom. The van der Waals surface area contributed by atoms with Gasteiger partial charge in [-0.1, -0.05) is 26.0 Å². The summed E-state index contributed by atoms with van der Waals surface area (Å²) in [7, 11) is 0. The first-order chi connectivity index (χ1) is 9.93. The summed E-state index contributed by atoms with van der Waals surface area (Å²) >= 11 is 0. The van der Waals surface area contributed by atoms with Crippen molar-refractivity contribution in [2.75, 3.05) is 5.73 Å². The van der Waals surface area contributed by atoms with Crippen molar-refractivity contribution in [1.29, 1.82) is 0 Å². The lowest BCUT2D eigenvalue weighted by atomic mass is 9.99. The van der Waals surface area contributed by atoms with Gasteiger partial charge >= 0.3 is 0 Å². The maximum Gasteiger partial charge on any atom is 0.241 e. The van der Waals surface area contributed by atoms with E-state index in [0.29, 0.717) is 17.5 Å². The van der Waals surface area contributed by atoms with Gasteiger partial charge in [0.2, 0.25) is 5.88 Å². The van der Waals surface area contributed by atoms with Crippen molar-refractivity contribution in [2.24, 2.45) is 0 Å². The van der Waals surface area contributed by atoms with E-state index in [1.165, 1.54) is 5.56 Å². The Morgan fingerprint density at radius 3 is 2.33 bits per heavy atom. The molecule has 1 aromatic heterocycles. The van der Waals surface area contributed by atoms with Gasteiger partial charge in [-0.2, -0.15) is 5.10 Å². The molecule has 4 heteroatoms. The Morgan fingerprint density at radius 2 is 1.81 bits per heavy atom. The first-order valence-electron chi connectivity index (χ1n) is 7.56. The standard InChI is InChI=1S/C17H25N3O/c1-6-12(4)14-7-9-15(10-8-14)21-17-16(18)13(5)19-20(17)11(2)3/h7-12H,6,18H2,1-5H3. The largest absolute Gasteiger partial charge is 0.437 e. The Kier molecular flexibility index (Phi) is 4.56. The maximum atomic E-state index is 6.08. The highest BCUT2D eigenvalue weighted by atomic mass is 16.5. The van der Waals surface area contributed by atoms with Crippen LogP contribution in [0, 0.1) is 6.92 Å². The summed E-state index contributed by atoms with van der Waals surface area (Å²) in [6.07, 6.45) is 1.13. The smallest absolute Gasteiger partial charge is 0.241 e. The van der Waals surface area contributed by atoms with Crippen LogP contribution < -0.4 is 10.5 Å². The molecule has 0 aliphatic rings. The van der Waals surface area contributed by atoms with Gasteiger partial charge in [0.15, 0.2) is 0 Å². The van der Waals surface area contributed by atoms with Crippen molar-refractivity contribution < 1.29 is 4.74 Å². The van der Waals surface area contributed by atoms with Gasteiger partial charge in [-0.15, -0.1) is 0 Å². The zero-order valence-electron chi connectivity index (χ0n) is 13.6.